The highest BCUT2D eigenvalue weighted by Crippen LogP contribution is 2.15. The fourth-order valence-corrected chi connectivity index (χ4v) is 1.21. The van der Waals surface area contributed by atoms with Gasteiger partial charge in [0.05, 0.1) is 13.2 Å². The number of ether oxygens (including phenoxy) is 1. The molecule has 6 nitrogen and oxygen atoms in total. The summed E-state index contributed by atoms with van der Waals surface area (Å²) in [5.74, 6) is 1.02. The van der Waals surface area contributed by atoms with Crippen molar-refractivity contribution in [1.29, 1.82) is 0 Å². The van der Waals surface area contributed by atoms with E-state index in [0.29, 0.717) is 31.4 Å². The maximum absolute atomic E-state index is 5.42. The van der Waals surface area contributed by atoms with Crippen LogP contribution in [0.15, 0.2) is 4.52 Å². The number of nitrogens with zero attached hydrogens (tertiary/aromatic N) is 2. The highest BCUT2D eigenvalue weighted by molar-refractivity contribution is 5.85. The van der Waals surface area contributed by atoms with E-state index in [0.717, 1.165) is 6.54 Å². The Balaban J connectivity index is 0.000000980. The molecule has 1 fully saturated rings. The zero-order valence-corrected chi connectivity index (χ0v) is 8.42. The minimum absolute atomic E-state index is 0. The SMILES string of the molecule is Cl.NCc1noc([C@H]2CNCCO2)n1. The van der Waals surface area contributed by atoms with E-state index >= 15 is 0 Å². The van der Waals surface area contributed by atoms with Gasteiger partial charge in [0.25, 0.3) is 5.89 Å². The Kier molecular flexibility index (Phi) is 4.27. The second-order valence-corrected chi connectivity index (χ2v) is 2.82. The fraction of sp³-hybridized carbons (Fsp3) is 0.714. The zero-order valence-electron chi connectivity index (χ0n) is 7.60. The first-order valence-corrected chi connectivity index (χ1v) is 4.25. The second kappa shape index (κ2) is 5.26. The van der Waals surface area contributed by atoms with Crippen molar-refractivity contribution < 1.29 is 9.26 Å². The molecule has 1 atom stereocenters. The number of nitrogens with one attached hydrogen (secondary N) is 1. The molecular formula is C7H13ClN4O2. The summed E-state index contributed by atoms with van der Waals surface area (Å²) in [6.07, 6.45) is -0.124. The molecule has 14 heavy (non-hydrogen) atoms. The van der Waals surface area contributed by atoms with E-state index in [2.05, 4.69) is 15.5 Å². The average Bonchev–Trinajstić information content (AvgIpc) is 2.67. The van der Waals surface area contributed by atoms with Gasteiger partial charge in [-0.15, -0.1) is 12.4 Å². The standard InChI is InChI=1S/C7H12N4O2.ClH/c8-3-6-10-7(13-11-6)5-4-9-1-2-12-5;/h5,9H,1-4,8H2;1H/t5-;/m1./s1. The van der Waals surface area contributed by atoms with Crippen molar-refractivity contribution in [3.05, 3.63) is 11.7 Å². The molecule has 1 aromatic heterocycles. The van der Waals surface area contributed by atoms with Gasteiger partial charge in [-0.05, 0) is 0 Å². The molecule has 0 amide bonds. The molecule has 0 saturated carbocycles. The summed E-state index contributed by atoms with van der Waals surface area (Å²) in [6.45, 7) is 2.55. The third-order valence-corrected chi connectivity index (χ3v) is 1.87. The van der Waals surface area contributed by atoms with E-state index in [9.17, 15) is 0 Å². The Morgan fingerprint density at radius 2 is 2.43 bits per heavy atom. The number of aromatic nitrogens is 2. The quantitative estimate of drug-likeness (QED) is 0.706. The Hall–Kier alpha value is -0.690. The van der Waals surface area contributed by atoms with Crippen LogP contribution >= 0.6 is 12.4 Å². The van der Waals surface area contributed by atoms with Crippen LogP contribution in [0, 0.1) is 0 Å². The van der Waals surface area contributed by atoms with Gasteiger partial charge in [0.15, 0.2) is 5.82 Å². The van der Waals surface area contributed by atoms with Crippen LogP contribution in [0.3, 0.4) is 0 Å². The first-order valence-electron chi connectivity index (χ1n) is 4.25. The number of hydrogen-bond donors (Lipinski definition) is 2. The molecule has 0 spiro atoms. The molecule has 1 aliphatic rings. The van der Waals surface area contributed by atoms with Crippen LogP contribution in [0.25, 0.3) is 0 Å². The molecule has 7 heteroatoms. The lowest BCUT2D eigenvalue weighted by atomic mass is 10.3. The first-order chi connectivity index (χ1) is 6.40. The summed E-state index contributed by atoms with van der Waals surface area (Å²) in [6, 6.07) is 0. The largest absolute Gasteiger partial charge is 0.366 e. The molecule has 1 saturated heterocycles. The van der Waals surface area contributed by atoms with Crippen molar-refractivity contribution in [2.75, 3.05) is 19.7 Å². The number of nitrogens with two attached hydrogens (primary N) is 1. The van der Waals surface area contributed by atoms with Gasteiger partial charge in [-0.2, -0.15) is 4.98 Å². The van der Waals surface area contributed by atoms with Gasteiger partial charge in [-0.3, -0.25) is 0 Å². The minimum Gasteiger partial charge on any atom is -0.366 e. The number of halogens is 1. The summed E-state index contributed by atoms with van der Waals surface area (Å²) in [4.78, 5) is 4.08. The monoisotopic (exact) mass is 220 g/mol. The Morgan fingerprint density at radius 3 is 3.00 bits per heavy atom. The fourth-order valence-electron chi connectivity index (χ4n) is 1.21. The predicted octanol–water partition coefficient (Wildman–Crippen LogP) is -0.389. The molecule has 0 radical (unpaired) electrons. The van der Waals surface area contributed by atoms with Crippen molar-refractivity contribution in [2.24, 2.45) is 5.73 Å². The highest BCUT2D eigenvalue weighted by Gasteiger charge is 2.21. The van der Waals surface area contributed by atoms with E-state index in [4.69, 9.17) is 15.0 Å². The Bertz CT molecular complexity index is 274. The van der Waals surface area contributed by atoms with Gasteiger partial charge in [-0.25, -0.2) is 0 Å². The van der Waals surface area contributed by atoms with E-state index < -0.39 is 0 Å². The normalized spacial score (nSPS) is 21.6. The summed E-state index contributed by atoms with van der Waals surface area (Å²) < 4.78 is 10.4. The number of hydrogen-bond acceptors (Lipinski definition) is 6. The van der Waals surface area contributed by atoms with Gasteiger partial charge < -0.3 is 20.3 Å². The summed E-state index contributed by atoms with van der Waals surface area (Å²) in [7, 11) is 0. The van der Waals surface area contributed by atoms with Gasteiger partial charge >= 0.3 is 0 Å². The lowest BCUT2D eigenvalue weighted by Gasteiger charge is -2.19. The summed E-state index contributed by atoms with van der Waals surface area (Å²) in [5.41, 5.74) is 5.35. The zero-order chi connectivity index (χ0) is 9.10. The first kappa shape index (κ1) is 11.4. The van der Waals surface area contributed by atoms with Crippen molar-refractivity contribution in [2.45, 2.75) is 12.6 Å². The molecule has 1 aromatic rings. The highest BCUT2D eigenvalue weighted by atomic mass is 35.5. The molecule has 0 bridgehead atoms. The molecule has 0 aliphatic carbocycles. The van der Waals surface area contributed by atoms with Gasteiger partial charge in [-0.1, -0.05) is 5.16 Å². The van der Waals surface area contributed by atoms with Crippen molar-refractivity contribution >= 4 is 12.4 Å². The minimum atomic E-state index is -0.124. The predicted molar refractivity (Wildman–Crippen MR) is 51.0 cm³/mol. The molecule has 1 aliphatic heterocycles. The summed E-state index contributed by atoms with van der Waals surface area (Å²) >= 11 is 0. The number of rotatable bonds is 2. The van der Waals surface area contributed by atoms with Gasteiger partial charge in [0.1, 0.15) is 6.10 Å². The van der Waals surface area contributed by atoms with Crippen LogP contribution in [-0.4, -0.2) is 29.8 Å². The molecule has 2 rings (SSSR count). The van der Waals surface area contributed by atoms with Crippen LogP contribution < -0.4 is 11.1 Å². The van der Waals surface area contributed by atoms with Gasteiger partial charge in [0, 0.05) is 13.1 Å². The second-order valence-electron chi connectivity index (χ2n) is 2.82. The van der Waals surface area contributed by atoms with Crippen molar-refractivity contribution in [3.63, 3.8) is 0 Å². The molecule has 0 unspecified atom stereocenters. The lowest BCUT2D eigenvalue weighted by Crippen LogP contribution is -2.33. The molecule has 80 valence electrons. The molecule has 3 N–H and O–H groups in total. The van der Waals surface area contributed by atoms with E-state index in [-0.39, 0.29) is 18.5 Å². The van der Waals surface area contributed by atoms with Crippen molar-refractivity contribution in [1.82, 2.24) is 15.5 Å². The number of morpholine rings is 1. The van der Waals surface area contributed by atoms with Crippen LogP contribution in [-0.2, 0) is 11.3 Å². The smallest absolute Gasteiger partial charge is 0.257 e. The van der Waals surface area contributed by atoms with Crippen LogP contribution in [0.1, 0.15) is 17.8 Å². The Morgan fingerprint density at radius 1 is 1.57 bits per heavy atom. The van der Waals surface area contributed by atoms with Crippen LogP contribution in [0.2, 0.25) is 0 Å². The van der Waals surface area contributed by atoms with Crippen molar-refractivity contribution in [3.8, 4) is 0 Å². The topological polar surface area (TPSA) is 86.2 Å². The summed E-state index contributed by atoms with van der Waals surface area (Å²) in [5, 5.41) is 6.87. The Labute approximate surface area is 87.6 Å². The van der Waals surface area contributed by atoms with E-state index in [1.54, 1.807) is 0 Å². The third kappa shape index (κ3) is 2.42. The van der Waals surface area contributed by atoms with E-state index in [1.807, 2.05) is 0 Å². The third-order valence-electron chi connectivity index (χ3n) is 1.87. The van der Waals surface area contributed by atoms with E-state index in [1.165, 1.54) is 0 Å². The maximum atomic E-state index is 5.42. The molecule has 0 aromatic carbocycles. The van der Waals surface area contributed by atoms with Crippen LogP contribution in [0.4, 0.5) is 0 Å². The lowest BCUT2D eigenvalue weighted by molar-refractivity contribution is 0.00755. The molecular weight excluding hydrogens is 208 g/mol. The van der Waals surface area contributed by atoms with Crippen LogP contribution in [0.5, 0.6) is 0 Å². The average molecular weight is 221 g/mol. The molecule has 2 heterocycles. The maximum Gasteiger partial charge on any atom is 0.257 e. The van der Waals surface area contributed by atoms with Gasteiger partial charge in [0.2, 0.25) is 0 Å².